The zero-order valence-corrected chi connectivity index (χ0v) is 14.1. The Morgan fingerprint density at radius 3 is 2.74 bits per heavy atom. The number of carbonyl (C=O) groups is 1. The van der Waals surface area contributed by atoms with Crippen molar-refractivity contribution in [2.45, 2.75) is 11.9 Å². The van der Waals surface area contributed by atoms with Gasteiger partial charge in [-0.15, -0.1) is 11.3 Å². The summed E-state index contributed by atoms with van der Waals surface area (Å²) < 4.78 is 33.0. The Labute approximate surface area is 140 Å². The number of aryl methyl sites for hydroxylation is 1. The van der Waals surface area contributed by atoms with Crippen LogP contribution in [0.5, 0.6) is 5.75 Å². The minimum atomic E-state index is -4.24. The van der Waals surface area contributed by atoms with Crippen LogP contribution < -0.4 is 9.46 Å². The lowest BCUT2D eigenvalue weighted by Gasteiger charge is -2.07. The summed E-state index contributed by atoms with van der Waals surface area (Å²) in [4.78, 5) is 16.2. The fourth-order valence-corrected chi connectivity index (χ4v) is 4.49. The van der Waals surface area contributed by atoms with E-state index >= 15 is 0 Å². The number of fused-ring (bicyclic) bond motifs is 1. The Hall–Kier alpha value is -2.10. The molecular formula is C13H10ClN3O4S2. The van der Waals surface area contributed by atoms with Gasteiger partial charge in [0.25, 0.3) is 10.0 Å². The first kappa shape index (κ1) is 15.8. The van der Waals surface area contributed by atoms with E-state index in [2.05, 4.69) is 4.98 Å². The molecule has 0 bridgehead atoms. The highest BCUT2D eigenvalue weighted by atomic mass is 35.5. The predicted molar refractivity (Wildman–Crippen MR) is 85.6 cm³/mol. The van der Waals surface area contributed by atoms with E-state index in [1.54, 1.807) is 30.5 Å². The fraction of sp³-hybridized carbons (Fsp3) is 0.0769. The van der Waals surface area contributed by atoms with Gasteiger partial charge in [0, 0.05) is 11.1 Å². The number of hydrogen-bond donors (Lipinski definition) is 1. The van der Waals surface area contributed by atoms with Crippen LogP contribution in [0.2, 0.25) is 5.15 Å². The molecule has 3 rings (SSSR count). The van der Waals surface area contributed by atoms with Gasteiger partial charge in [0.15, 0.2) is 15.1 Å². The topological polar surface area (TPSA) is 89.8 Å². The van der Waals surface area contributed by atoms with E-state index in [1.807, 2.05) is 4.72 Å². The monoisotopic (exact) mass is 371 g/mol. The van der Waals surface area contributed by atoms with E-state index in [-0.39, 0.29) is 15.9 Å². The first-order valence-corrected chi connectivity index (χ1v) is 9.04. The summed E-state index contributed by atoms with van der Waals surface area (Å²) >= 11 is 7.16. The molecule has 3 aromatic rings. The quantitative estimate of drug-likeness (QED) is 0.764. The number of ether oxygens (including phenoxy) is 1. The number of rotatable bonds is 3. The number of sulfonamides is 1. The zero-order chi connectivity index (χ0) is 16.6. The van der Waals surface area contributed by atoms with Crippen LogP contribution in [0.15, 0.2) is 40.7 Å². The molecule has 0 spiro atoms. The molecule has 0 unspecified atom stereocenters. The lowest BCUT2D eigenvalue weighted by atomic mass is 10.3. The molecule has 2 aromatic heterocycles. The average Bonchev–Trinajstić information content (AvgIpc) is 2.98. The highest BCUT2D eigenvalue weighted by Crippen LogP contribution is 2.27. The van der Waals surface area contributed by atoms with Crippen LogP contribution in [0.1, 0.15) is 5.69 Å². The number of benzene rings is 1. The fourth-order valence-electron chi connectivity index (χ4n) is 1.95. The Bertz CT molecular complexity index is 979. The molecule has 1 amide bonds. The number of nitrogens with one attached hydrogen (secondary N) is 1. The first-order chi connectivity index (χ1) is 10.9. The van der Waals surface area contributed by atoms with Gasteiger partial charge in [-0.25, -0.2) is 14.5 Å². The molecule has 0 aliphatic carbocycles. The second-order valence-corrected chi connectivity index (χ2v) is 7.30. The normalized spacial score (nSPS) is 11.6. The Morgan fingerprint density at radius 2 is 2.04 bits per heavy atom. The third kappa shape index (κ3) is 3.03. The summed E-state index contributed by atoms with van der Waals surface area (Å²) in [5, 5.41) is 1.23. The number of nitrogens with zero attached hydrogens (tertiary/aromatic N) is 2. The van der Waals surface area contributed by atoms with Crippen molar-refractivity contribution in [2.75, 3.05) is 0 Å². The second-order valence-electron chi connectivity index (χ2n) is 4.51. The third-order valence-electron chi connectivity index (χ3n) is 2.88. The van der Waals surface area contributed by atoms with E-state index in [0.717, 1.165) is 0 Å². The highest BCUT2D eigenvalue weighted by molar-refractivity contribution is 7.90. The number of thiazole rings is 1. The van der Waals surface area contributed by atoms with E-state index in [1.165, 1.54) is 27.9 Å². The van der Waals surface area contributed by atoms with Crippen molar-refractivity contribution in [3.05, 3.63) is 46.6 Å². The summed E-state index contributed by atoms with van der Waals surface area (Å²) in [6.45, 7) is 1.71. The van der Waals surface area contributed by atoms with Crippen molar-refractivity contribution in [3.63, 3.8) is 0 Å². The standard InChI is InChI=1S/C13H10ClN3O4S2/c1-8-7-22-12-15-10(14)11(17(8)12)23(19,20)16-13(18)21-9-5-3-2-4-6-9/h2-7H,1H3,(H,16,18). The molecule has 0 aliphatic rings. The molecule has 10 heteroatoms. The summed E-state index contributed by atoms with van der Waals surface area (Å²) in [6, 6.07) is 8.11. The maximum atomic E-state index is 12.4. The van der Waals surface area contributed by atoms with Crippen molar-refractivity contribution in [3.8, 4) is 5.75 Å². The van der Waals surface area contributed by atoms with Gasteiger partial charge in [0.1, 0.15) is 5.75 Å². The predicted octanol–water partition coefficient (Wildman–Crippen LogP) is 2.83. The van der Waals surface area contributed by atoms with Crippen LogP contribution in [-0.2, 0) is 10.0 Å². The second kappa shape index (κ2) is 5.84. The number of carbonyl (C=O) groups excluding carboxylic acids is 1. The summed E-state index contributed by atoms with van der Waals surface area (Å²) in [5.41, 5.74) is 0.640. The molecule has 1 aromatic carbocycles. The van der Waals surface area contributed by atoms with Gasteiger partial charge in [0.2, 0.25) is 0 Å². The Kier molecular flexibility index (Phi) is 4.00. The number of amides is 1. The van der Waals surface area contributed by atoms with Crippen LogP contribution in [0.25, 0.3) is 4.96 Å². The minimum absolute atomic E-state index is 0.208. The third-order valence-corrected chi connectivity index (χ3v) is 5.52. The maximum Gasteiger partial charge on any atom is 0.426 e. The van der Waals surface area contributed by atoms with Crippen molar-refractivity contribution >= 4 is 44.0 Å². The molecule has 0 radical (unpaired) electrons. The van der Waals surface area contributed by atoms with Crippen molar-refractivity contribution < 1.29 is 17.9 Å². The number of imidazole rings is 1. The summed E-state index contributed by atoms with van der Waals surface area (Å²) in [6.07, 6.45) is -1.13. The van der Waals surface area contributed by atoms with Gasteiger partial charge in [-0.05, 0) is 19.1 Å². The highest BCUT2D eigenvalue weighted by Gasteiger charge is 2.28. The number of aromatic nitrogens is 2. The number of halogens is 1. The SMILES string of the molecule is Cc1csc2nc(Cl)c(S(=O)(=O)NC(=O)Oc3ccccc3)n12. The average molecular weight is 372 g/mol. The molecule has 0 atom stereocenters. The molecule has 120 valence electrons. The molecule has 2 heterocycles. The molecule has 0 saturated carbocycles. The van der Waals surface area contributed by atoms with Gasteiger partial charge >= 0.3 is 6.09 Å². The first-order valence-electron chi connectivity index (χ1n) is 6.30. The van der Waals surface area contributed by atoms with Crippen molar-refractivity contribution in [2.24, 2.45) is 0 Å². The van der Waals surface area contributed by atoms with E-state index in [0.29, 0.717) is 10.7 Å². The maximum absolute atomic E-state index is 12.4. The van der Waals surface area contributed by atoms with E-state index in [9.17, 15) is 13.2 Å². The molecule has 23 heavy (non-hydrogen) atoms. The number of hydrogen-bond acceptors (Lipinski definition) is 6. The van der Waals surface area contributed by atoms with Crippen LogP contribution in [-0.4, -0.2) is 23.9 Å². The van der Waals surface area contributed by atoms with Crippen LogP contribution in [0.4, 0.5) is 4.79 Å². The largest absolute Gasteiger partial charge is 0.426 e. The zero-order valence-electron chi connectivity index (χ0n) is 11.7. The van der Waals surface area contributed by atoms with Gasteiger partial charge < -0.3 is 4.74 Å². The summed E-state index contributed by atoms with van der Waals surface area (Å²) in [7, 11) is -4.24. The van der Waals surface area contributed by atoms with Crippen LogP contribution in [0.3, 0.4) is 0 Å². The Balaban J connectivity index is 1.90. The lowest BCUT2D eigenvalue weighted by Crippen LogP contribution is -2.34. The van der Waals surface area contributed by atoms with Gasteiger partial charge in [-0.1, -0.05) is 29.8 Å². The number of para-hydroxylation sites is 1. The lowest BCUT2D eigenvalue weighted by molar-refractivity contribution is 0.207. The van der Waals surface area contributed by atoms with Crippen LogP contribution in [0, 0.1) is 6.92 Å². The molecular weight excluding hydrogens is 362 g/mol. The van der Waals surface area contributed by atoms with Crippen LogP contribution >= 0.6 is 22.9 Å². The van der Waals surface area contributed by atoms with Gasteiger partial charge in [-0.3, -0.25) is 4.40 Å². The van der Waals surface area contributed by atoms with E-state index in [4.69, 9.17) is 16.3 Å². The van der Waals surface area contributed by atoms with E-state index < -0.39 is 16.1 Å². The van der Waals surface area contributed by atoms with Gasteiger partial charge in [0.05, 0.1) is 0 Å². The minimum Gasteiger partial charge on any atom is -0.410 e. The van der Waals surface area contributed by atoms with Gasteiger partial charge in [-0.2, -0.15) is 8.42 Å². The molecule has 1 N–H and O–H groups in total. The molecule has 7 nitrogen and oxygen atoms in total. The smallest absolute Gasteiger partial charge is 0.410 e. The summed E-state index contributed by atoms with van der Waals surface area (Å²) in [5.74, 6) is 0.219. The molecule has 0 saturated heterocycles. The molecule has 0 aliphatic heterocycles. The Morgan fingerprint density at radius 1 is 1.35 bits per heavy atom. The van der Waals surface area contributed by atoms with Crippen molar-refractivity contribution in [1.82, 2.24) is 14.1 Å². The molecule has 0 fully saturated rings. The van der Waals surface area contributed by atoms with Crippen molar-refractivity contribution in [1.29, 1.82) is 0 Å².